The standard InChI is InChI=1S/C20H26N2O3/c1-6-22(14-15-7-9-16(10-8-15)21(2)3)20(23)18-13-17(24-4)11-12-19(18)25-5/h7-13H,6,14H2,1-5H3. The van der Waals surface area contributed by atoms with Gasteiger partial charge in [-0.2, -0.15) is 0 Å². The normalized spacial score (nSPS) is 10.3. The molecule has 0 unspecified atom stereocenters. The highest BCUT2D eigenvalue weighted by atomic mass is 16.5. The van der Waals surface area contributed by atoms with Gasteiger partial charge in [-0.25, -0.2) is 0 Å². The van der Waals surface area contributed by atoms with E-state index in [2.05, 4.69) is 12.1 Å². The molecule has 0 N–H and O–H groups in total. The summed E-state index contributed by atoms with van der Waals surface area (Å²) in [6, 6.07) is 13.5. The Morgan fingerprint density at radius 3 is 2.20 bits per heavy atom. The van der Waals surface area contributed by atoms with Crippen LogP contribution in [0.5, 0.6) is 11.5 Å². The molecule has 0 saturated heterocycles. The van der Waals surface area contributed by atoms with Crippen LogP contribution in [0, 0.1) is 0 Å². The smallest absolute Gasteiger partial charge is 0.258 e. The lowest BCUT2D eigenvalue weighted by Crippen LogP contribution is -2.30. The third-order valence-electron chi connectivity index (χ3n) is 4.13. The van der Waals surface area contributed by atoms with Crippen LogP contribution in [-0.4, -0.2) is 45.7 Å². The first-order chi connectivity index (χ1) is 12.0. The lowest BCUT2D eigenvalue weighted by atomic mass is 10.1. The predicted octanol–water partition coefficient (Wildman–Crippen LogP) is 3.43. The highest BCUT2D eigenvalue weighted by Gasteiger charge is 2.19. The van der Waals surface area contributed by atoms with E-state index in [1.165, 1.54) is 0 Å². The topological polar surface area (TPSA) is 42.0 Å². The number of carbonyl (C=O) groups is 1. The lowest BCUT2D eigenvalue weighted by Gasteiger charge is -2.23. The average Bonchev–Trinajstić information content (AvgIpc) is 2.65. The second-order valence-electron chi connectivity index (χ2n) is 5.95. The van der Waals surface area contributed by atoms with E-state index in [0.717, 1.165) is 11.3 Å². The fraction of sp³-hybridized carbons (Fsp3) is 0.350. The van der Waals surface area contributed by atoms with Crippen molar-refractivity contribution in [2.24, 2.45) is 0 Å². The molecule has 0 saturated carbocycles. The molecule has 5 heteroatoms. The van der Waals surface area contributed by atoms with E-state index in [1.807, 2.05) is 38.1 Å². The molecule has 2 aromatic carbocycles. The maximum Gasteiger partial charge on any atom is 0.258 e. The third-order valence-corrected chi connectivity index (χ3v) is 4.13. The number of methoxy groups -OCH3 is 2. The van der Waals surface area contributed by atoms with Crippen LogP contribution >= 0.6 is 0 Å². The van der Waals surface area contributed by atoms with Crippen molar-refractivity contribution in [2.45, 2.75) is 13.5 Å². The summed E-state index contributed by atoms with van der Waals surface area (Å²) in [6.45, 7) is 3.12. The third kappa shape index (κ3) is 4.44. The van der Waals surface area contributed by atoms with Crippen molar-refractivity contribution < 1.29 is 14.3 Å². The highest BCUT2D eigenvalue weighted by Crippen LogP contribution is 2.26. The van der Waals surface area contributed by atoms with Gasteiger partial charge < -0.3 is 19.3 Å². The zero-order chi connectivity index (χ0) is 18.4. The second-order valence-corrected chi connectivity index (χ2v) is 5.95. The Hall–Kier alpha value is -2.69. The van der Waals surface area contributed by atoms with E-state index in [0.29, 0.717) is 30.2 Å². The van der Waals surface area contributed by atoms with Crippen LogP contribution in [0.1, 0.15) is 22.8 Å². The first-order valence-electron chi connectivity index (χ1n) is 8.27. The van der Waals surface area contributed by atoms with Gasteiger partial charge in [0.2, 0.25) is 0 Å². The predicted molar refractivity (Wildman–Crippen MR) is 101 cm³/mol. The first-order valence-corrected chi connectivity index (χ1v) is 8.27. The van der Waals surface area contributed by atoms with E-state index in [1.54, 1.807) is 37.3 Å². The number of amides is 1. The summed E-state index contributed by atoms with van der Waals surface area (Å²) in [4.78, 5) is 16.8. The Kier molecular flexibility index (Phi) is 6.28. The summed E-state index contributed by atoms with van der Waals surface area (Å²) in [6.07, 6.45) is 0. The quantitative estimate of drug-likeness (QED) is 0.773. The number of nitrogens with zero attached hydrogens (tertiary/aromatic N) is 2. The number of carbonyl (C=O) groups excluding carboxylic acids is 1. The Balaban J connectivity index is 2.23. The van der Waals surface area contributed by atoms with Crippen molar-refractivity contribution >= 4 is 11.6 Å². The molecule has 0 aliphatic heterocycles. The van der Waals surface area contributed by atoms with Gasteiger partial charge in [0.05, 0.1) is 19.8 Å². The molecule has 0 aromatic heterocycles. The van der Waals surface area contributed by atoms with Crippen molar-refractivity contribution in [1.82, 2.24) is 4.90 Å². The molecule has 134 valence electrons. The number of rotatable bonds is 7. The van der Waals surface area contributed by atoms with Crippen LogP contribution in [-0.2, 0) is 6.54 Å². The SMILES string of the molecule is CCN(Cc1ccc(N(C)C)cc1)C(=O)c1cc(OC)ccc1OC. The van der Waals surface area contributed by atoms with Crippen LogP contribution in [0.3, 0.4) is 0 Å². The molecule has 2 rings (SSSR count). The van der Waals surface area contributed by atoms with Gasteiger partial charge in [0, 0.05) is 32.9 Å². The van der Waals surface area contributed by atoms with E-state index in [4.69, 9.17) is 9.47 Å². The van der Waals surface area contributed by atoms with Gasteiger partial charge in [-0.1, -0.05) is 12.1 Å². The minimum Gasteiger partial charge on any atom is -0.497 e. The molecule has 0 bridgehead atoms. The average molecular weight is 342 g/mol. The fourth-order valence-electron chi connectivity index (χ4n) is 2.60. The Morgan fingerprint density at radius 1 is 1.00 bits per heavy atom. The van der Waals surface area contributed by atoms with Crippen molar-refractivity contribution in [3.8, 4) is 11.5 Å². The molecular weight excluding hydrogens is 316 g/mol. The van der Waals surface area contributed by atoms with E-state index < -0.39 is 0 Å². The fourth-order valence-corrected chi connectivity index (χ4v) is 2.60. The van der Waals surface area contributed by atoms with Gasteiger partial charge in [0.1, 0.15) is 11.5 Å². The van der Waals surface area contributed by atoms with Gasteiger partial charge in [0.25, 0.3) is 5.91 Å². The van der Waals surface area contributed by atoms with Crippen LogP contribution in [0.15, 0.2) is 42.5 Å². The largest absolute Gasteiger partial charge is 0.497 e. The summed E-state index contributed by atoms with van der Waals surface area (Å²) in [7, 11) is 7.16. The van der Waals surface area contributed by atoms with E-state index in [-0.39, 0.29) is 5.91 Å². The summed E-state index contributed by atoms with van der Waals surface area (Å²) < 4.78 is 10.6. The van der Waals surface area contributed by atoms with Crippen molar-refractivity contribution in [3.05, 3.63) is 53.6 Å². The number of anilines is 1. The molecular formula is C20H26N2O3. The van der Waals surface area contributed by atoms with Gasteiger partial charge >= 0.3 is 0 Å². The van der Waals surface area contributed by atoms with Crippen molar-refractivity contribution in [3.63, 3.8) is 0 Å². The van der Waals surface area contributed by atoms with E-state index >= 15 is 0 Å². The number of ether oxygens (including phenoxy) is 2. The molecule has 2 aromatic rings. The maximum atomic E-state index is 13.0. The van der Waals surface area contributed by atoms with Gasteiger partial charge in [-0.05, 0) is 42.8 Å². The summed E-state index contributed by atoms with van der Waals surface area (Å²) in [5, 5.41) is 0. The molecule has 25 heavy (non-hydrogen) atoms. The van der Waals surface area contributed by atoms with Crippen LogP contribution in [0.4, 0.5) is 5.69 Å². The van der Waals surface area contributed by atoms with Crippen LogP contribution in [0.2, 0.25) is 0 Å². The number of hydrogen-bond acceptors (Lipinski definition) is 4. The summed E-state index contributed by atoms with van der Waals surface area (Å²) in [5.74, 6) is 1.11. The zero-order valence-corrected chi connectivity index (χ0v) is 15.6. The van der Waals surface area contributed by atoms with Gasteiger partial charge in [-0.3, -0.25) is 4.79 Å². The van der Waals surface area contributed by atoms with Crippen molar-refractivity contribution in [1.29, 1.82) is 0 Å². The minimum absolute atomic E-state index is 0.0741. The molecule has 0 radical (unpaired) electrons. The van der Waals surface area contributed by atoms with Gasteiger partial charge in [-0.15, -0.1) is 0 Å². The molecule has 0 atom stereocenters. The van der Waals surface area contributed by atoms with Crippen molar-refractivity contribution in [2.75, 3.05) is 39.8 Å². The van der Waals surface area contributed by atoms with Gasteiger partial charge in [0.15, 0.2) is 0 Å². The highest BCUT2D eigenvalue weighted by molar-refractivity contribution is 5.97. The maximum absolute atomic E-state index is 13.0. The Morgan fingerprint density at radius 2 is 1.68 bits per heavy atom. The van der Waals surface area contributed by atoms with Crippen LogP contribution < -0.4 is 14.4 Å². The Bertz CT molecular complexity index is 711. The molecule has 0 fully saturated rings. The lowest BCUT2D eigenvalue weighted by molar-refractivity contribution is 0.0749. The first kappa shape index (κ1) is 18.6. The Labute approximate surface area is 149 Å². The van der Waals surface area contributed by atoms with Crippen LogP contribution in [0.25, 0.3) is 0 Å². The molecule has 0 aliphatic carbocycles. The zero-order valence-electron chi connectivity index (χ0n) is 15.6. The molecule has 0 aliphatic rings. The minimum atomic E-state index is -0.0741. The molecule has 5 nitrogen and oxygen atoms in total. The molecule has 0 spiro atoms. The van der Waals surface area contributed by atoms with E-state index in [9.17, 15) is 4.79 Å². The molecule has 0 heterocycles. The second kappa shape index (κ2) is 8.42. The number of benzene rings is 2. The number of hydrogen-bond donors (Lipinski definition) is 0. The summed E-state index contributed by atoms with van der Waals surface area (Å²) >= 11 is 0. The monoisotopic (exact) mass is 342 g/mol. The molecule has 1 amide bonds. The summed E-state index contributed by atoms with van der Waals surface area (Å²) in [5.41, 5.74) is 2.73.